The van der Waals surface area contributed by atoms with E-state index in [9.17, 15) is 39.5 Å². The van der Waals surface area contributed by atoms with E-state index in [2.05, 4.69) is 42.7 Å². The summed E-state index contributed by atoms with van der Waals surface area (Å²) in [4.78, 5) is 35.2. The first-order valence-electron chi connectivity index (χ1n) is 21.9. The van der Waals surface area contributed by atoms with Crippen LogP contribution in [0.4, 0.5) is 0 Å². The van der Waals surface area contributed by atoms with Crippen LogP contribution in [0, 0.1) is 11.8 Å². The minimum absolute atomic E-state index is 0.00276. The normalized spacial score (nSPS) is 21.3. The molecule has 6 N–H and O–H groups in total. The average molecular weight is 845 g/mol. The first kappa shape index (κ1) is 53.8. The fourth-order valence-corrected chi connectivity index (χ4v) is 7.34. The summed E-state index contributed by atoms with van der Waals surface area (Å²) in [5.41, 5.74) is 0. The van der Waals surface area contributed by atoms with Gasteiger partial charge in [-0.2, -0.15) is 0 Å². The number of phosphoric ester groups is 1. The van der Waals surface area contributed by atoms with E-state index in [1.54, 1.807) is 6.08 Å². The number of ether oxygens (including phenoxy) is 2. The second kappa shape index (κ2) is 34.5. The maximum absolute atomic E-state index is 12.7. The van der Waals surface area contributed by atoms with Gasteiger partial charge in [-0.3, -0.25) is 18.6 Å². The molecule has 1 aliphatic rings. The Balaban J connectivity index is 2.50. The van der Waals surface area contributed by atoms with E-state index in [4.69, 9.17) is 19.1 Å². The zero-order chi connectivity index (χ0) is 42.9. The first-order valence-corrected chi connectivity index (χ1v) is 23.3. The van der Waals surface area contributed by atoms with Crippen LogP contribution < -0.4 is 0 Å². The van der Waals surface area contributed by atoms with Gasteiger partial charge in [-0.15, -0.1) is 0 Å². The number of allylic oxidation sites excluding steroid dienone is 6. The van der Waals surface area contributed by atoms with E-state index < -0.39 is 76.7 Å². The lowest BCUT2D eigenvalue weighted by molar-refractivity contribution is -0.161. The molecule has 1 rings (SSSR count). The van der Waals surface area contributed by atoms with Gasteiger partial charge < -0.3 is 39.9 Å². The molecule has 0 aromatic rings. The number of carbonyl (C=O) groups excluding carboxylic acids is 2. The lowest BCUT2D eigenvalue weighted by Gasteiger charge is -2.20. The van der Waals surface area contributed by atoms with Gasteiger partial charge in [0.1, 0.15) is 12.7 Å². The summed E-state index contributed by atoms with van der Waals surface area (Å²) in [6, 6.07) is 0. The van der Waals surface area contributed by atoms with Crippen LogP contribution in [0.15, 0.2) is 48.6 Å². The average Bonchev–Trinajstić information content (AvgIpc) is 3.47. The smallest absolute Gasteiger partial charge is 0.462 e. The molecule has 0 aromatic carbocycles. The first-order chi connectivity index (χ1) is 27.9. The molecule has 0 aromatic heterocycles. The Morgan fingerprint density at radius 3 is 2.03 bits per heavy atom. The Hall–Kier alpha value is -2.19. The van der Waals surface area contributed by atoms with Gasteiger partial charge >= 0.3 is 19.8 Å². The number of aliphatic hydroxyl groups is 5. The van der Waals surface area contributed by atoms with Crippen molar-refractivity contribution >= 4 is 19.8 Å². The van der Waals surface area contributed by atoms with Crippen LogP contribution in [-0.2, 0) is 32.7 Å². The van der Waals surface area contributed by atoms with Gasteiger partial charge in [0.2, 0.25) is 0 Å². The molecule has 0 heterocycles. The van der Waals surface area contributed by atoms with Crippen molar-refractivity contribution in [2.45, 2.75) is 179 Å². The fourth-order valence-electron chi connectivity index (χ4n) is 6.55. The van der Waals surface area contributed by atoms with Crippen molar-refractivity contribution in [3.8, 4) is 0 Å². The summed E-state index contributed by atoms with van der Waals surface area (Å²) in [5, 5.41) is 49.7. The highest BCUT2D eigenvalue weighted by atomic mass is 31.2. The number of hydrogen-bond donors (Lipinski definition) is 6. The quantitative estimate of drug-likeness (QED) is 0.0155. The monoisotopic (exact) mass is 845 g/mol. The Morgan fingerprint density at radius 2 is 1.33 bits per heavy atom. The molecule has 13 nitrogen and oxygen atoms in total. The molecule has 1 aliphatic carbocycles. The van der Waals surface area contributed by atoms with Crippen molar-refractivity contribution in [1.82, 2.24) is 0 Å². The highest BCUT2D eigenvalue weighted by Gasteiger charge is 2.39. The zero-order valence-corrected chi connectivity index (χ0v) is 36.2. The van der Waals surface area contributed by atoms with Gasteiger partial charge in [0, 0.05) is 25.2 Å². The summed E-state index contributed by atoms with van der Waals surface area (Å²) in [6.07, 6.45) is 28.8. The van der Waals surface area contributed by atoms with E-state index in [0.717, 1.165) is 64.2 Å². The fraction of sp³-hybridized carbons (Fsp3) is 0.773. The lowest BCUT2D eigenvalue weighted by Crippen LogP contribution is -2.29. The highest BCUT2D eigenvalue weighted by Crippen LogP contribution is 2.43. The molecule has 1 unspecified atom stereocenters. The van der Waals surface area contributed by atoms with Crippen LogP contribution in [0.2, 0.25) is 0 Å². The van der Waals surface area contributed by atoms with Crippen LogP contribution in [0.3, 0.4) is 0 Å². The molecule has 1 fully saturated rings. The zero-order valence-electron chi connectivity index (χ0n) is 35.3. The second-order valence-corrected chi connectivity index (χ2v) is 16.8. The SMILES string of the molecule is CCCCC/C=C\C/C=C\CCCCCCCC(=O)OC[C@H](COP(=O)(O)OC[C@@H](O)CO)OC(=O)CCC/C=C/C[C@@H]1[C@@H](/C=C/[C@@H](O)CCCCC)[C@H](O)C[C@@H]1O. The molecule has 0 saturated heterocycles. The third kappa shape index (κ3) is 28.3. The maximum atomic E-state index is 12.7. The van der Waals surface area contributed by atoms with Crippen LogP contribution >= 0.6 is 7.82 Å². The second-order valence-electron chi connectivity index (χ2n) is 15.3. The molecule has 0 bridgehead atoms. The molecule has 8 atom stereocenters. The predicted octanol–water partition coefficient (Wildman–Crippen LogP) is 7.71. The van der Waals surface area contributed by atoms with Gasteiger partial charge in [-0.25, -0.2) is 4.57 Å². The Morgan fingerprint density at radius 1 is 0.724 bits per heavy atom. The van der Waals surface area contributed by atoms with E-state index in [1.165, 1.54) is 19.3 Å². The molecule has 14 heteroatoms. The number of esters is 2. The molecule has 0 spiro atoms. The van der Waals surface area contributed by atoms with Crippen molar-refractivity contribution in [2.75, 3.05) is 26.4 Å². The molecule has 336 valence electrons. The summed E-state index contributed by atoms with van der Waals surface area (Å²) in [6.45, 7) is 1.94. The number of rotatable bonds is 36. The van der Waals surface area contributed by atoms with Crippen LogP contribution in [-0.4, -0.2) is 99.3 Å². The molecule has 1 saturated carbocycles. The van der Waals surface area contributed by atoms with Crippen molar-refractivity contribution in [3.05, 3.63) is 48.6 Å². The Labute approximate surface area is 348 Å². The van der Waals surface area contributed by atoms with E-state index >= 15 is 0 Å². The Bertz CT molecular complexity index is 1220. The number of hydrogen-bond acceptors (Lipinski definition) is 12. The predicted molar refractivity (Wildman–Crippen MR) is 226 cm³/mol. The minimum Gasteiger partial charge on any atom is -0.462 e. The number of carbonyl (C=O) groups is 2. The van der Waals surface area contributed by atoms with E-state index in [-0.39, 0.29) is 31.1 Å². The van der Waals surface area contributed by atoms with Gasteiger partial charge in [-0.05, 0) is 70.1 Å². The third-order valence-corrected chi connectivity index (χ3v) is 11.0. The minimum atomic E-state index is -4.69. The molecule has 0 aliphatic heterocycles. The molecular weight excluding hydrogens is 767 g/mol. The van der Waals surface area contributed by atoms with Crippen LogP contribution in [0.5, 0.6) is 0 Å². The largest absolute Gasteiger partial charge is 0.472 e. The molecule has 0 radical (unpaired) electrons. The van der Waals surface area contributed by atoms with Crippen LogP contribution in [0.1, 0.15) is 149 Å². The summed E-state index contributed by atoms with van der Waals surface area (Å²) in [7, 11) is -4.69. The van der Waals surface area contributed by atoms with E-state index in [1.807, 2.05) is 18.2 Å². The molecule has 0 amide bonds. The summed E-state index contributed by atoms with van der Waals surface area (Å²) >= 11 is 0. The molecule has 58 heavy (non-hydrogen) atoms. The van der Waals surface area contributed by atoms with Gasteiger partial charge in [0.15, 0.2) is 6.10 Å². The number of unbranched alkanes of at least 4 members (excludes halogenated alkanes) is 11. The topological polar surface area (TPSA) is 210 Å². The van der Waals surface area contributed by atoms with Crippen molar-refractivity contribution in [2.24, 2.45) is 11.8 Å². The Kier molecular flexibility index (Phi) is 32.0. The number of aliphatic hydroxyl groups excluding tert-OH is 5. The van der Waals surface area contributed by atoms with Crippen molar-refractivity contribution in [1.29, 1.82) is 0 Å². The lowest BCUT2D eigenvalue weighted by atomic mass is 9.89. The van der Waals surface area contributed by atoms with Gasteiger partial charge in [-0.1, -0.05) is 114 Å². The van der Waals surface area contributed by atoms with Gasteiger partial charge in [0.25, 0.3) is 0 Å². The summed E-state index contributed by atoms with van der Waals surface area (Å²) in [5.74, 6) is -1.60. The summed E-state index contributed by atoms with van der Waals surface area (Å²) < 4.78 is 32.7. The van der Waals surface area contributed by atoms with Gasteiger partial charge in [0.05, 0.1) is 38.1 Å². The standard InChI is InChI=1S/C44H77O13P/c1-3-5-7-8-9-10-11-12-13-14-15-16-17-18-23-27-43(50)54-34-38(35-56-58(52,53)55-33-37(47)32-45)57-44(51)28-24-20-19-22-26-39-40(42(49)31-41(39)48)30-29-36(46)25-21-6-4-2/h9-10,12-13,19,22,29-30,36-42,45-49H,3-8,11,14-18,20-21,23-28,31-35H2,1-2H3,(H,52,53)/b10-9-,13-12-,22-19+,30-29+/t36-,37-,38+,39+,40+,41-,42+/m0/s1. The molecular formula is C44H77O13P. The van der Waals surface area contributed by atoms with E-state index in [0.29, 0.717) is 32.1 Å². The van der Waals surface area contributed by atoms with Crippen molar-refractivity contribution in [3.63, 3.8) is 0 Å². The number of phosphoric acid groups is 1. The van der Waals surface area contributed by atoms with Crippen molar-refractivity contribution < 1.29 is 63.1 Å². The van der Waals surface area contributed by atoms with Crippen LogP contribution in [0.25, 0.3) is 0 Å². The maximum Gasteiger partial charge on any atom is 0.472 e. The third-order valence-electron chi connectivity index (χ3n) is 10.0. The highest BCUT2D eigenvalue weighted by molar-refractivity contribution is 7.47.